The van der Waals surface area contributed by atoms with Gasteiger partial charge in [0.05, 0.1) is 15.6 Å². The lowest BCUT2D eigenvalue weighted by atomic mass is 10.1. The molecule has 0 heterocycles. The second-order valence-electron chi connectivity index (χ2n) is 8.52. The molecule has 38 heavy (non-hydrogen) atoms. The summed E-state index contributed by atoms with van der Waals surface area (Å²) in [6.45, 7) is 3.62. The highest BCUT2D eigenvalue weighted by Crippen LogP contribution is 2.27. The van der Waals surface area contributed by atoms with Crippen LogP contribution in [0.4, 0.5) is 17.1 Å². The number of anilines is 3. The van der Waals surface area contributed by atoms with Crippen LogP contribution in [-0.4, -0.2) is 22.7 Å². The second kappa shape index (κ2) is 10.9. The Balaban J connectivity index is 1.51. The number of carbonyl (C=O) groups excluding carboxylic acids is 1. The van der Waals surface area contributed by atoms with Crippen molar-refractivity contribution in [2.24, 2.45) is 0 Å². The van der Waals surface area contributed by atoms with E-state index >= 15 is 0 Å². The van der Waals surface area contributed by atoms with E-state index < -0.39 is 26.0 Å². The van der Waals surface area contributed by atoms with Crippen molar-refractivity contribution in [2.45, 2.75) is 23.6 Å². The summed E-state index contributed by atoms with van der Waals surface area (Å²) in [5, 5.41) is 2.60. The molecule has 0 saturated heterocycles. The Morgan fingerprint density at radius 3 is 2.08 bits per heavy atom. The van der Waals surface area contributed by atoms with Gasteiger partial charge in [0, 0.05) is 16.9 Å². The van der Waals surface area contributed by atoms with Gasteiger partial charge in [0.2, 0.25) is 0 Å². The van der Waals surface area contributed by atoms with Crippen molar-refractivity contribution >= 4 is 54.6 Å². The molecule has 0 aliphatic heterocycles. The lowest BCUT2D eigenvalue weighted by Crippen LogP contribution is -2.17. The van der Waals surface area contributed by atoms with Gasteiger partial charge in [-0.3, -0.25) is 14.2 Å². The van der Waals surface area contributed by atoms with Crippen LogP contribution in [0.25, 0.3) is 0 Å². The van der Waals surface area contributed by atoms with Crippen molar-refractivity contribution in [1.29, 1.82) is 0 Å². The summed E-state index contributed by atoms with van der Waals surface area (Å²) in [6.07, 6.45) is 0. The number of amides is 1. The maximum absolute atomic E-state index is 13.1. The molecule has 1 amide bonds. The van der Waals surface area contributed by atoms with Crippen molar-refractivity contribution < 1.29 is 21.6 Å². The first kappa shape index (κ1) is 27.2. The van der Waals surface area contributed by atoms with Crippen LogP contribution >= 0.6 is 11.6 Å². The van der Waals surface area contributed by atoms with E-state index in [0.29, 0.717) is 17.1 Å². The van der Waals surface area contributed by atoms with Crippen LogP contribution in [0.1, 0.15) is 21.5 Å². The normalized spacial score (nSPS) is 11.6. The van der Waals surface area contributed by atoms with Crippen LogP contribution in [0.15, 0.2) is 101 Å². The smallest absolute Gasteiger partial charge is 0.263 e. The summed E-state index contributed by atoms with van der Waals surface area (Å²) in [5.74, 6) is -0.595. The third kappa shape index (κ3) is 6.34. The van der Waals surface area contributed by atoms with Crippen molar-refractivity contribution in [2.75, 3.05) is 14.8 Å². The molecule has 4 rings (SSSR count). The molecule has 8 nitrogen and oxygen atoms in total. The minimum absolute atomic E-state index is 0.0109. The van der Waals surface area contributed by atoms with Crippen molar-refractivity contribution in [3.63, 3.8) is 0 Å². The molecule has 3 N–H and O–H groups in total. The Hall–Kier alpha value is -3.86. The number of hydrogen-bond donors (Lipinski definition) is 3. The Labute approximate surface area is 226 Å². The number of nitrogens with one attached hydrogen (secondary N) is 3. The van der Waals surface area contributed by atoms with Gasteiger partial charge in [-0.05, 0) is 85.6 Å². The minimum atomic E-state index is -4.10. The fourth-order valence-electron chi connectivity index (χ4n) is 3.54. The van der Waals surface area contributed by atoms with E-state index in [2.05, 4.69) is 14.8 Å². The van der Waals surface area contributed by atoms with Gasteiger partial charge in [-0.2, -0.15) is 0 Å². The summed E-state index contributed by atoms with van der Waals surface area (Å²) >= 11 is 6.19. The molecule has 0 aromatic heterocycles. The summed E-state index contributed by atoms with van der Waals surface area (Å²) in [6, 6.07) is 23.3. The number of aryl methyl sites for hydroxylation is 2. The second-order valence-corrected chi connectivity index (χ2v) is 12.3. The maximum atomic E-state index is 13.1. The van der Waals surface area contributed by atoms with E-state index in [1.165, 1.54) is 42.5 Å². The van der Waals surface area contributed by atoms with Gasteiger partial charge in [0.1, 0.15) is 4.90 Å². The van der Waals surface area contributed by atoms with E-state index in [1.807, 2.05) is 13.0 Å². The minimum Gasteiger partial charge on any atom is -0.322 e. The monoisotopic (exact) mass is 569 g/mol. The molecule has 4 aromatic carbocycles. The van der Waals surface area contributed by atoms with Crippen LogP contribution in [0.5, 0.6) is 0 Å². The Bertz CT molecular complexity index is 1710. The van der Waals surface area contributed by atoms with Gasteiger partial charge >= 0.3 is 0 Å². The van der Waals surface area contributed by atoms with E-state index in [-0.39, 0.29) is 20.4 Å². The van der Waals surface area contributed by atoms with Gasteiger partial charge in [-0.15, -0.1) is 0 Å². The first-order chi connectivity index (χ1) is 17.9. The topological polar surface area (TPSA) is 121 Å². The zero-order valence-corrected chi connectivity index (χ0v) is 22.8. The zero-order valence-electron chi connectivity index (χ0n) is 20.4. The van der Waals surface area contributed by atoms with E-state index in [1.54, 1.807) is 49.4 Å². The number of hydrogen-bond acceptors (Lipinski definition) is 5. The first-order valence-electron chi connectivity index (χ1n) is 11.3. The van der Waals surface area contributed by atoms with Gasteiger partial charge < -0.3 is 5.32 Å². The standard InChI is InChI=1S/C27H24ClN3O5S2/c1-18-8-9-19(2)25(16-18)31-38(35,36)26-17-20(10-15-24(26)28)27(32)29-21-11-13-23(14-12-21)37(33,34)30-22-6-4-3-5-7-22/h3-17,30-31H,1-2H3,(H,29,32). The molecule has 0 bridgehead atoms. The van der Waals surface area contributed by atoms with Crippen LogP contribution in [0.2, 0.25) is 5.02 Å². The predicted molar refractivity (Wildman–Crippen MR) is 150 cm³/mol. The van der Waals surface area contributed by atoms with Crippen molar-refractivity contribution in [1.82, 2.24) is 0 Å². The number of rotatable bonds is 8. The summed E-state index contributed by atoms with van der Waals surface area (Å²) < 4.78 is 56.4. The first-order valence-corrected chi connectivity index (χ1v) is 14.7. The average molecular weight is 570 g/mol. The fraction of sp³-hybridized carbons (Fsp3) is 0.0741. The van der Waals surface area contributed by atoms with Gasteiger partial charge in [0.15, 0.2) is 0 Å². The maximum Gasteiger partial charge on any atom is 0.263 e. The van der Waals surface area contributed by atoms with Crippen molar-refractivity contribution in [3.8, 4) is 0 Å². The lowest BCUT2D eigenvalue weighted by molar-refractivity contribution is 0.102. The number of carbonyl (C=O) groups is 1. The van der Waals surface area contributed by atoms with Gasteiger partial charge in [-0.25, -0.2) is 16.8 Å². The highest BCUT2D eigenvalue weighted by atomic mass is 35.5. The molecular formula is C27H24ClN3O5S2. The molecule has 0 atom stereocenters. The molecule has 0 fully saturated rings. The Morgan fingerprint density at radius 1 is 0.711 bits per heavy atom. The molecule has 11 heteroatoms. The van der Waals surface area contributed by atoms with E-state index in [4.69, 9.17) is 11.6 Å². The Morgan fingerprint density at radius 2 is 1.39 bits per heavy atom. The van der Waals surface area contributed by atoms with Crippen LogP contribution in [0, 0.1) is 13.8 Å². The van der Waals surface area contributed by atoms with Crippen LogP contribution in [-0.2, 0) is 20.0 Å². The number of para-hydroxylation sites is 1. The van der Waals surface area contributed by atoms with Crippen LogP contribution < -0.4 is 14.8 Å². The SMILES string of the molecule is Cc1ccc(C)c(NS(=O)(=O)c2cc(C(=O)Nc3ccc(S(=O)(=O)Nc4ccccc4)cc3)ccc2Cl)c1. The average Bonchev–Trinajstić information content (AvgIpc) is 2.87. The van der Waals surface area contributed by atoms with E-state index in [0.717, 1.165) is 11.1 Å². The number of halogens is 1. The van der Waals surface area contributed by atoms with E-state index in [9.17, 15) is 21.6 Å². The molecule has 0 radical (unpaired) electrons. The van der Waals surface area contributed by atoms with Crippen LogP contribution in [0.3, 0.4) is 0 Å². The molecule has 0 spiro atoms. The molecule has 4 aromatic rings. The predicted octanol–water partition coefficient (Wildman–Crippen LogP) is 5.81. The number of sulfonamides is 2. The molecule has 196 valence electrons. The largest absolute Gasteiger partial charge is 0.322 e. The molecule has 0 aliphatic carbocycles. The summed E-state index contributed by atoms with van der Waals surface area (Å²) in [5.41, 5.74) is 2.81. The zero-order chi connectivity index (χ0) is 27.5. The number of benzene rings is 4. The van der Waals surface area contributed by atoms with Gasteiger partial charge in [-0.1, -0.05) is 41.9 Å². The fourth-order valence-corrected chi connectivity index (χ4v) is 6.24. The third-order valence-electron chi connectivity index (χ3n) is 5.57. The quantitative estimate of drug-likeness (QED) is 0.247. The summed E-state index contributed by atoms with van der Waals surface area (Å²) in [4.78, 5) is 12.6. The molecule has 0 saturated carbocycles. The summed E-state index contributed by atoms with van der Waals surface area (Å²) in [7, 11) is -7.92. The third-order valence-corrected chi connectivity index (χ3v) is 8.81. The lowest BCUT2D eigenvalue weighted by Gasteiger charge is -2.14. The highest BCUT2D eigenvalue weighted by Gasteiger charge is 2.22. The Kier molecular flexibility index (Phi) is 7.77. The molecule has 0 aliphatic rings. The highest BCUT2D eigenvalue weighted by molar-refractivity contribution is 7.93. The van der Waals surface area contributed by atoms with Gasteiger partial charge in [0.25, 0.3) is 26.0 Å². The molecular weight excluding hydrogens is 546 g/mol. The molecule has 0 unspecified atom stereocenters. The van der Waals surface area contributed by atoms with Crippen molar-refractivity contribution in [3.05, 3.63) is 113 Å².